The molecule has 2 rings (SSSR count). The van der Waals surface area contributed by atoms with Crippen molar-refractivity contribution in [3.63, 3.8) is 0 Å². The van der Waals surface area contributed by atoms with Crippen LogP contribution >= 0.6 is 11.6 Å². The Kier molecular flexibility index (Phi) is 5.49. The van der Waals surface area contributed by atoms with Crippen molar-refractivity contribution in [2.75, 3.05) is 20.6 Å². The van der Waals surface area contributed by atoms with E-state index in [1.165, 1.54) is 5.56 Å². The highest BCUT2D eigenvalue weighted by Crippen LogP contribution is 2.14. The van der Waals surface area contributed by atoms with Crippen LogP contribution in [-0.4, -0.2) is 45.8 Å². The van der Waals surface area contributed by atoms with Crippen molar-refractivity contribution < 1.29 is 0 Å². The quantitative estimate of drug-likeness (QED) is 0.673. The number of rotatable bonds is 5. The van der Waals surface area contributed by atoms with Gasteiger partial charge in [-0.1, -0.05) is 11.6 Å². The fourth-order valence-corrected chi connectivity index (χ4v) is 2.62. The summed E-state index contributed by atoms with van der Waals surface area (Å²) in [6, 6.07) is 1.97. The Balaban J connectivity index is 1.86. The topological polar surface area (TPSA) is 50.4 Å². The molecule has 0 saturated heterocycles. The normalized spacial score (nSPS) is 11.8. The molecule has 0 amide bonds. The van der Waals surface area contributed by atoms with Gasteiger partial charge in [-0.2, -0.15) is 5.10 Å². The average molecular weight is 323 g/mol. The summed E-state index contributed by atoms with van der Waals surface area (Å²) in [5, 5.41) is 8.30. The van der Waals surface area contributed by atoms with E-state index in [0.717, 1.165) is 36.2 Å². The standard InChI is InChI=1S/C15H23ClN6/c1-17-15(18-6-5-12-8-19-22(4)9-12)21(3)11-14-7-13(16)10-20(14)2/h7-10H,5-6,11H2,1-4H3,(H,17,18). The number of aromatic nitrogens is 3. The maximum Gasteiger partial charge on any atom is 0.193 e. The molecule has 0 atom stereocenters. The summed E-state index contributed by atoms with van der Waals surface area (Å²) in [6.07, 6.45) is 6.74. The molecule has 0 radical (unpaired) electrons. The van der Waals surface area contributed by atoms with Crippen LogP contribution in [-0.2, 0) is 27.1 Å². The Morgan fingerprint density at radius 1 is 1.41 bits per heavy atom. The van der Waals surface area contributed by atoms with Gasteiger partial charge in [0, 0.05) is 52.8 Å². The molecule has 7 heteroatoms. The molecule has 0 aliphatic rings. The van der Waals surface area contributed by atoms with Crippen molar-refractivity contribution in [3.05, 3.63) is 40.9 Å². The summed E-state index contributed by atoms with van der Waals surface area (Å²) in [5.41, 5.74) is 2.35. The van der Waals surface area contributed by atoms with Gasteiger partial charge in [0.25, 0.3) is 0 Å². The maximum absolute atomic E-state index is 6.02. The summed E-state index contributed by atoms with van der Waals surface area (Å²) >= 11 is 6.02. The first-order valence-corrected chi connectivity index (χ1v) is 7.57. The van der Waals surface area contributed by atoms with Crippen LogP contribution in [0.4, 0.5) is 0 Å². The smallest absolute Gasteiger partial charge is 0.193 e. The van der Waals surface area contributed by atoms with Crippen LogP contribution < -0.4 is 5.32 Å². The van der Waals surface area contributed by atoms with Crippen molar-refractivity contribution in [2.45, 2.75) is 13.0 Å². The third kappa shape index (κ3) is 4.27. The maximum atomic E-state index is 6.02. The molecule has 2 aromatic rings. The summed E-state index contributed by atoms with van der Waals surface area (Å²) in [4.78, 5) is 6.40. The number of guanidine groups is 1. The SMILES string of the molecule is CN=C(NCCc1cnn(C)c1)N(C)Cc1cc(Cl)cn1C. The largest absolute Gasteiger partial charge is 0.356 e. The lowest BCUT2D eigenvalue weighted by Gasteiger charge is -2.22. The Hall–Kier alpha value is -1.95. The van der Waals surface area contributed by atoms with E-state index in [2.05, 4.69) is 20.3 Å². The Labute approximate surface area is 136 Å². The number of nitrogens with zero attached hydrogens (tertiary/aromatic N) is 5. The minimum absolute atomic E-state index is 0.746. The first kappa shape index (κ1) is 16.4. The highest BCUT2D eigenvalue weighted by atomic mass is 35.5. The van der Waals surface area contributed by atoms with Gasteiger partial charge in [-0.3, -0.25) is 9.67 Å². The van der Waals surface area contributed by atoms with Gasteiger partial charge in [0.15, 0.2) is 5.96 Å². The number of aryl methyl sites for hydroxylation is 2. The molecule has 0 aromatic carbocycles. The highest BCUT2D eigenvalue weighted by molar-refractivity contribution is 6.30. The van der Waals surface area contributed by atoms with E-state index < -0.39 is 0 Å². The van der Waals surface area contributed by atoms with Gasteiger partial charge in [0.2, 0.25) is 0 Å². The lowest BCUT2D eigenvalue weighted by atomic mass is 10.2. The zero-order valence-electron chi connectivity index (χ0n) is 13.5. The van der Waals surface area contributed by atoms with Crippen molar-refractivity contribution in [1.29, 1.82) is 0 Å². The fourth-order valence-electron chi connectivity index (χ4n) is 2.35. The molecule has 1 N–H and O–H groups in total. The molecule has 0 aliphatic heterocycles. The molecule has 0 aliphatic carbocycles. The first-order valence-electron chi connectivity index (χ1n) is 7.19. The second kappa shape index (κ2) is 7.35. The van der Waals surface area contributed by atoms with E-state index in [1.54, 1.807) is 7.05 Å². The second-order valence-electron chi connectivity index (χ2n) is 5.36. The van der Waals surface area contributed by atoms with Gasteiger partial charge in [-0.15, -0.1) is 0 Å². The molecular weight excluding hydrogens is 300 g/mol. The van der Waals surface area contributed by atoms with Crippen LogP contribution in [0, 0.1) is 0 Å². The molecule has 2 heterocycles. The van der Waals surface area contributed by atoms with Gasteiger partial charge in [-0.25, -0.2) is 0 Å². The molecule has 0 fully saturated rings. The number of aliphatic imine (C=N–C) groups is 1. The van der Waals surface area contributed by atoms with E-state index >= 15 is 0 Å². The minimum Gasteiger partial charge on any atom is -0.356 e. The van der Waals surface area contributed by atoms with E-state index in [1.807, 2.05) is 55.0 Å². The van der Waals surface area contributed by atoms with Crippen LogP contribution in [0.2, 0.25) is 5.02 Å². The van der Waals surface area contributed by atoms with E-state index in [0.29, 0.717) is 0 Å². The lowest BCUT2D eigenvalue weighted by molar-refractivity contribution is 0.462. The number of hydrogen-bond donors (Lipinski definition) is 1. The van der Waals surface area contributed by atoms with Crippen molar-refractivity contribution in [3.8, 4) is 0 Å². The average Bonchev–Trinajstić information content (AvgIpc) is 3.01. The predicted octanol–water partition coefficient (Wildman–Crippen LogP) is 1.66. The van der Waals surface area contributed by atoms with E-state index in [-0.39, 0.29) is 0 Å². The lowest BCUT2D eigenvalue weighted by Crippen LogP contribution is -2.39. The molecule has 22 heavy (non-hydrogen) atoms. The molecule has 2 aromatic heterocycles. The highest BCUT2D eigenvalue weighted by Gasteiger charge is 2.09. The first-order chi connectivity index (χ1) is 10.5. The number of hydrogen-bond acceptors (Lipinski definition) is 2. The third-order valence-corrected chi connectivity index (χ3v) is 3.71. The van der Waals surface area contributed by atoms with Crippen LogP contribution in [0.5, 0.6) is 0 Å². The second-order valence-corrected chi connectivity index (χ2v) is 5.80. The van der Waals surface area contributed by atoms with Gasteiger partial charge in [0.1, 0.15) is 0 Å². The van der Waals surface area contributed by atoms with Gasteiger partial charge >= 0.3 is 0 Å². The molecular formula is C15H23ClN6. The van der Waals surface area contributed by atoms with Crippen molar-refractivity contribution in [2.24, 2.45) is 19.1 Å². The Morgan fingerprint density at radius 2 is 2.18 bits per heavy atom. The third-order valence-electron chi connectivity index (χ3n) is 3.50. The van der Waals surface area contributed by atoms with E-state index in [9.17, 15) is 0 Å². The summed E-state index contributed by atoms with van der Waals surface area (Å²) in [5.74, 6) is 0.862. The summed E-state index contributed by atoms with van der Waals surface area (Å²) in [6.45, 7) is 1.56. The Bertz CT molecular complexity index is 642. The zero-order valence-corrected chi connectivity index (χ0v) is 14.3. The molecule has 120 valence electrons. The Morgan fingerprint density at radius 3 is 2.73 bits per heavy atom. The van der Waals surface area contributed by atoms with Crippen LogP contribution in [0.15, 0.2) is 29.6 Å². The number of nitrogens with one attached hydrogen (secondary N) is 1. The predicted molar refractivity (Wildman–Crippen MR) is 90.2 cm³/mol. The van der Waals surface area contributed by atoms with Gasteiger partial charge < -0.3 is 14.8 Å². The molecule has 0 unspecified atom stereocenters. The van der Waals surface area contributed by atoms with E-state index in [4.69, 9.17) is 11.6 Å². The summed E-state index contributed by atoms with van der Waals surface area (Å²) < 4.78 is 3.84. The zero-order chi connectivity index (χ0) is 16.1. The van der Waals surface area contributed by atoms with Crippen LogP contribution in [0.25, 0.3) is 0 Å². The summed E-state index contributed by atoms with van der Waals surface area (Å²) in [7, 11) is 7.73. The fraction of sp³-hybridized carbons (Fsp3) is 0.467. The van der Waals surface area contributed by atoms with Gasteiger partial charge in [0.05, 0.1) is 17.8 Å². The molecule has 0 spiro atoms. The molecule has 0 bridgehead atoms. The minimum atomic E-state index is 0.746. The van der Waals surface area contributed by atoms with Crippen LogP contribution in [0.1, 0.15) is 11.3 Å². The van der Waals surface area contributed by atoms with Crippen molar-refractivity contribution >= 4 is 17.6 Å². The molecule has 6 nitrogen and oxygen atoms in total. The van der Waals surface area contributed by atoms with Crippen LogP contribution in [0.3, 0.4) is 0 Å². The monoisotopic (exact) mass is 322 g/mol. The molecule has 0 saturated carbocycles. The van der Waals surface area contributed by atoms with Gasteiger partial charge in [-0.05, 0) is 18.1 Å². The number of halogens is 1. The van der Waals surface area contributed by atoms with Crippen molar-refractivity contribution in [1.82, 2.24) is 24.6 Å².